The first-order chi connectivity index (χ1) is 5.65. The summed E-state index contributed by atoms with van der Waals surface area (Å²) in [4.78, 5) is 0. The molecular formula is C8H17NO2S. The lowest BCUT2D eigenvalue weighted by Gasteiger charge is -1.76. The van der Waals surface area contributed by atoms with Gasteiger partial charge in [0.25, 0.3) is 0 Å². The molecule has 0 aromatic carbocycles. The molecule has 0 aromatic heterocycles. The Bertz CT molecular complexity index is 127. The monoisotopic (exact) mass is 191 g/mol. The second-order valence-electron chi connectivity index (χ2n) is 2.28. The van der Waals surface area contributed by atoms with E-state index < -0.39 is 10.8 Å². The number of hydrogen-bond acceptors (Lipinski definition) is 3. The number of nitriles is 1. The molecule has 0 bridgehead atoms. The van der Waals surface area contributed by atoms with E-state index in [0.29, 0.717) is 0 Å². The lowest BCUT2D eigenvalue weighted by molar-refractivity contribution is 0.198. The minimum atomic E-state index is -0.611. The van der Waals surface area contributed by atoms with E-state index in [9.17, 15) is 4.21 Å². The Morgan fingerprint density at radius 2 is 1.58 bits per heavy atom. The molecule has 1 aliphatic heterocycles. The Kier molecular flexibility index (Phi) is 15.6. The van der Waals surface area contributed by atoms with Gasteiger partial charge in [-0.3, -0.25) is 4.21 Å². The van der Waals surface area contributed by atoms with Crippen molar-refractivity contribution in [2.24, 2.45) is 0 Å². The van der Waals surface area contributed by atoms with Gasteiger partial charge in [0.2, 0.25) is 0 Å². The molecule has 0 atom stereocenters. The molecule has 0 saturated carbocycles. The lowest BCUT2D eigenvalue weighted by Crippen LogP contribution is -1.74. The maximum atomic E-state index is 9.56. The number of rotatable bonds is 0. The van der Waals surface area contributed by atoms with Gasteiger partial charge in [-0.2, -0.15) is 5.26 Å². The van der Waals surface area contributed by atoms with Crippen molar-refractivity contribution in [2.45, 2.75) is 19.8 Å². The van der Waals surface area contributed by atoms with Crippen LogP contribution in [0.4, 0.5) is 0 Å². The van der Waals surface area contributed by atoms with E-state index in [1.807, 2.05) is 0 Å². The minimum absolute atomic E-state index is 0.611. The minimum Gasteiger partial charge on any atom is -0.381 e. The second kappa shape index (κ2) is 13.2. The van der Waals surface area contributed by atoms with E-state index in [2.05, 4.69) is 0 Å². The average Bonchev–Trinajstić information content (AvgIpc) is 2.40. The lowest BCUT2D eigenvalue weighted by atomic mass is 10.4. The Hall–Kier alpha value is -0.400. The Morgan fingerprint density at radius 3 is 1.67 bits per heavy atom. The SMILES string of the molecule is C1CCOC1.CC#N.CS(C)=O. The van der Waals surface area contributed by atoms with Gasteiger partial charge < -0.3 is 4.74 Å². The summed E-state index contributed by atoms with van der Waals surface area (Å²) in [6.07, 6.45) is 5.83. The van der Waals surface area contributed by atoms with Crippen molar-refractivity contribution in [2.75, 3.05) is 25.7 Å². The third-order valence-electron chi connectivity index (χ3n) is 0.827. The van der Waals surface area contributed by atoms with Crippen LogP contribution in [-0.4, -0.2) is 29.9 Å². The van der Waals surface area contributed by atoms with Crippen LogP contribution in [0, 0.1) is 11.3 Å². The quantitative estimate of drug-likeness (QED) is 0.580. The zero-order valence-corrected chi connectivity index (χ0v) is 8.82. The van der Waals surface area contributed by atoms with Crippen molar-refractivity contribution in [1.29, 1.82) is 5.26 Å². The first kappa shape index (κ1) is 14.1. The van der Waals surface area contributed by atoms with E-state index in [4.69, 9.17) is 10.00 Å². The van der Waals surface area contributed by atoms with Crippen LogP contribution in [0.15, 0.2) is 0 Å². The fourth-order valence-electron chi connectivity index (χ4n) is 0.510. The smallest absolute Gasteiger partial charge is 0.0587 e. The molecular weight excluding hydrogens is 174 g/mol. The van der Waals surface area contributed by atoms with Crippen LogP contribution in [-0.2, 0) is 15.5 Å². The van der Waals surface area contributed by atoms with Gasteiger partial charge in [-0.25, -0.2) is 0 Å². The second-order valence-corrected chi connectivity index (χ2v) is 3.77. The molecule has 1 rings (SSSR count). The van der Waals surface area contributed by atoms with Crippen molar-refractivity contribution in [3.8, 4) is 6.07 Å². The zero-order valence-electron chi connectivity index (χ0n) is 8.00. The van der Waals surface area contributed by atoms with Gasteiger partial charge in [-0.1, -0.05) is 0 Å². The van der Waals surface area contributed by atoms with Crippen LogP contribution < -0.4 is 0 Å². The highest BCUT2D eigenvalue weighted by Crippen LogP contribution is 1.98. The van der Waals surface area contributed by atoms with Crippen LogP contribution in [0.3, 0.4) is 0 Å². The van der Waals surface area contributed by atoms with Gasteiger partial charge in [0.1, 0.15) is 0 Å². The molecule has 1 saturated heterocycles. The van der Waals surface area contributed by atoms with E-state index in [0.717, 1.165) is 13.2 Å². The van der Waals surface area contributed by atoms with Crippen LogP contribution in [0.2, 0.25) is 0 Å². The van der Waals surface area contributed by atoms with Gasteiger partial charge in [-0.15, -0.1) is 0 Å². The first-order valence-electron chi connectivity index (χ1n) is 3.78. The first-order valence-corrected chi connectivity index (χ1v) is 5.75. The van der Waals surface area contributed by atoms with Gasteiger partial charge in [0.15, 0.2) is 0 Å². The van der Waals surface area contributed by atoms with Crippen molar-refractivity contribution in [3.05, 3.63) is 0 Å². The molecule has 0 N–H and O–H groups in total. The fraction of sp³-hybridized carbons (Fsp3) is 0.875. The Morgan fingerprint density at radius 1 is 1.33 bits per heavy atom. The van der Waals surface area contributed by atoms with E-state index >= 15 is 0 Å². The highest BCUT2D eigenvalue weighted by atomic mass is 32.2. The van der Waals surface area contributed by atoms with Crippen LogP contribution in [0.1, 0.15) is 19.8 Å². The summed E-state index contributed by atoms with van der Waals surface area (Å²) in [6, 6.07) is 1.75. The van der Waals surface area contributed by atoms with E-state index in [1.165, 1.54) is 19.8 Å². The predicted molar refractivity (Wildman–Crippen MR) is 51.3 cm³/mol. The summed E-state index contributed by atoms with van der Waals surface area (Å²) < 4.78 is 14.5. The summed E-state index contributed by atoms with van der Waals surface area (Å²) in [7, 11) is -0.611. The number of ether oxygens (including phenoxy) is 1. The Labute approximate surface area is 77.2 Å². The van der Waals surface area contributed by atoms with Gasteiger partial charge >= 0.3 is 0 Å². The summed E-state index contributed by atoms with van der Waals surface area (Å²) >= 11 is 0. The standard InChI is InChI=1S/C4H8O.C2H3N.C2H6OS/c1-2-4-5-3-1;1-2-3;1-4(2)3/h1-4H2;1H3;1-2H3. The van der Waals surface area contributed by atoms with E-state index in [1.54, 1.807) is 18.6 Å². The predicted octanol–water partition coefficient (Wildman–Crippen LogP) is 1.32. The summed E-state index contributed by atoms with van der Waals surface area (Å²) in [5.41, 5.74) is 0. The van der Waals surface area contributed by atoms with Crippen molar-refractivity contribution < 1.29 is 8.95 Å². The van der Waals surface area contributed by atoms with Crippen LogP contribution >= 0.6 is 0 Å². The molecule has 1 fully saturated rings. The molecule has 3 nitrogen and oxygen atoms in total. The largest absolute Gasteiger partial charge is 0.381 e. The average molecular weight is 191 g/mol. The molecule has 0 unspecified atom stereocenters. The van der Waals surface area contributed by atoms with Gasteiger partial charge in [0.05, 0.1) is 6.07 Å². The maximum Gasteiger partial charge on any atom is 0.0587 e. The molecule has 72 valence electrons. The van der Waals surface area contributed by atoms with Crippen molar-refractivity contribution >= 4 is 10.8 Å². The van der Waals surface area contributed by atoms with E-state index in [-0.39, 0.29) is 0 Å². The van der Waals surface area contributed by atoms with Crippen molar-refractivity contribution in [1.82, 2.24) is 0 Å². The third kappa shape index (κ3) is 33.6. The molecule has 0 spiro atoms. The summed E-state index contributed by atoms with van der Waals surface area (Å²) in [6.45, 7) is 3.43. The Balaban J connectivity index is 0. The number of hydrogen-bond donors (Lipinski definition) is 0. The normalized spacial score (nSPS) is 13.6. The highest BCUT2D eigenvalue weighted by Gasteiger charge is 1.94. The molecule has 1 heterocycles. The fourth-order valence-corrected chi connectivity index (χ4v) is 0.510. The van der Waals surface area contributed by atoms with Gasteiger partial charge in [0, 0.05) is 43.4 Å². The van der Waals surface area contributed by atoms with Crippen LogP contribution in [0.25, 0.3) is 0 Å². The molecule has 4 heteroatoms. The summed E-state index contributed by atoms with van der Waals surface area (Å²) in [5, 5.41) is 7.32. The molecule has 12 heavy (non-hydrogen) atoms. The molecule has 0 aliphatic carbocycles. The molecule has 1 aliphatic rings. The zero-order chi connectivity index (χ0) is 9.82. The molecule has 0 amide bonds. The summed E-state index contributed by atoms with van der Waals surface area (Å²) in [5.74, 6) is 0. The molecule has 0 radical (unpaired) electrons. The topological polar surface area (TPSA) is 50.1 Å². The van der Waals surface area contributed by atoms with Crippen LogP contribution in [0.5, 0.6) is 0 Å². The van der Waals surface area contributed by atoms with Gasteiger partial charge in [-0.05, 0) is 12.8 Å². The number of nitrogens with zero attached hydrogens (tertiary/aromatic N) is 1. The maximum absolute atomic E-state index is 9.56. The molecule has 0 aromatic rings. The van der Waals surface area contributed by atoms with Crippen molar-refractivity contribution in [3.63, 3.8) is 0 Å². The highest BCUT2D eigenvalue weighted by molar-refractivity contribution is 7.83. The third-order valence-corrected chi connectivity index (χ3v) is 0.827.